The lowest BCUT2D eigenvalue weighted by Crippen LogP contribution is -1.78. The minimum absolute atomic E-state index is 0.565. The molecule has 0 radical (unpaired) electrons. The molecule has 1 heterocycles. The summed E-state index contributed by atoms with van der Waals surface area (Å²) in [5.74, 6) is 0.684. The molecular weight excluding hydrogens is 243 g/mol. The maximum atomic E-state index is 5.98. The zero-order valence-electron chi connectivity index (χ0n) is 8.50. The molecule has 1 aliphatic carbocycles. The predicted molar refractivity (Wildman–Crippen MR) is 66.0 cm³/mol. The van der Waals surface area contributed by atoms with Gasteiger partial charge in [0.1, 0.15) is 0 Å². The lowest BCUT2D eigenvalue weighted by Gasteiger charge is -1.98. The zero-order valence-corrected chi connectivity index (χ0v) is 10.0. The number of nitrogens with one attached hydrogen (secondary N) is 1. The molecule has 1 saturated carbocycles. The fourth-order valence-electron chi connectivity index (χ4n) is 1.74. The van der Waals surface area contributed by atoms with Crippen LogP contribution >= 0.6 is 23.2 Å². The van der Waals surface area contributed by atoms with Crippen LogP contribution in [-0.2, 0) is 0 Å². The molecule has 16 heavy (non-hydrogen) atoms. The number of aromatic amines is 1. The number of aromatic nitrogens is 2. The van der Waals surface area contributed by atoms with Crippen molar-refractivity contribution in [3.05, 3.63) is 40.0 Å². The van der Waals surface area contributed by atoms with Crippen molar-refractivity contribution in [2.24, 2.45) is 0 Å². The van der Waals surface area contributed by atoms with Crippen LogP contribution in [-0.4, -0.2) is 10.2 Å². The number of rotatable bonds is 2. The van der Waals surface area contributed by atoms with E-state index in [-0.39, 0.29) is 0 Å². The molecule has 2 aromatic rings. The summed E-state index contributed by atoms with van der Waals surface area (Å²) in [4.78, 5) is 0. The Labute approximate surface area is 104 Å². The van der Waals surface area contributed by atoms with Crippen molar-refractivity contribution < 1.29 is 0 Å². The summed E-state index contributed by atoms with van der Waals surface area (Å²) >= 11 is 11.8. The average Bonchev–Trinajstić information content (AvgIpc) is 3.01. The summed E-state index contributed by atoms with van der Waals surface area (Å²) in [5, 5.41) is 8.50. The monoisotopic (exact) mass is 252 g/mol. The summed E-state index contributed by atoms with van der Waals surface area (Å²) in [6, 6.07) is 7.67. The van der Waals surface area contributed by atoms with Gasteiger partial charge in [-0.1, -0.05) is 29.3 Å². The van der Waals surface area contributed by atoms with Crippen molar-refractivity contribution in [1.29, 1.82) is 0 Å². The highest BCUT2D eigenvalue weighted by Gasteiger charge is 2.25. The fraction of sp³-hybridized carbons (Fsp3) is 0.250. The van der Waals surface area contributed by atoms with Crippen LogP contribution in [0.2, 0.25) is 10.0 Å². The Morgan fingerprint density at radius 1 is 1.12 bits per heavy atom. The van der Waals surface area contributed by atoms with E-state index in [0.717, 1.165) is 11.3 Å². The van der Waals surface area contributed by atoms with Gasteiger partial charge in [-0.05, 0) is 31.0 Å². The molecule has 82 valence electrons. The highest BCUT2D eigenvalue weighted by Crippen LogP contribution is 2.40. The Kier molecular flexibility index (Phi) is 2.41. The van der Waals surface area contributed by atoms with E-state index in [9.17, 15) is 0 Å². The molecule has 1 fully saturated rings. The topological polar surface area (TPSA) is 28.7 Å². The van der Waals surface area contributed by atoms with Crippen molar-refractivity contribution in [2.45, 2.75) is 18.8 Å². The molecule has 0 aliphatic heterocycles. The second kappa shape index (κ2) is 3.79. The number of nitrogens with zero attached hydrogens (tertiary/aromatic N) is 1. The largest absolute Gasteiger partial charge is 0.282 e. The first-order valence-corrected chi connectivity index (χ1v) is 6.00. The van der Waals surface area contributed by atoms with Gasteiger partial charge in [-0.25, -0.2) is 0 Å². The van der Waals surface area contributed by atoms with Gasteiger partial charge >= 0.3 is 0 Å². The molecule has 1 aliphatic rings. The molecule has 1 aromatic heterocycles. The number of halogens is 2. The summed E-state index contributed by atoms with van der Waals surface area (Å²) in [5.41, 5.74) is 3.15. The van der Waals surface area contributed by atoms with Gasteiger partial charge in [0.15, 0.2) is 0 Å². The third-order valence-corrected chi connectivity index (χ3v) is 3.57. The number of H-pyrrole nitrogens is 1. The predicted octanol–water partition coefficient (Wildman–Crippen LogP) is 4.26. The van der Waals surface area contributed by atoms with Crippen LogP contribution in [0.1, 0.15) is 24.5 Å². The zero-order chi connectivity index (χ0) is 11.1. The van der Waals surface area contributed by atoms with Gasteiger partial charge in [-0.3, -0.25) is 5.10 Å². The normalized spacial score (nSPS) is 15.4. The molecule has 4 heteroatoms. The first-order valence-electron chi connectivity index (χ1n) is 5.25. The van der Waals surface area contributed by atoms with Gasteiger partial charge in [0, 0.05) is 17.2 Å². The molecular formula is C12H10Cl2N2. The number of hydrogen-bond donors (Lipinski definition) is 1. The second-order valence-corrected chi connectivity index (χ2v) is 4.93. The molecule has 0 spiro atoms. The summed E-state index contributed by atoms with van der Waals surface area (Å²) < 4.78 is 0. The van der Waals surface area contributed by atoms with Crippen molar-refractivity contribution in [2.75, 3.05) is 0 Å². The molecule has 0 saturated heterocycles. The summed E-state index contributed by atoms with van der Waals surface area (Å²) in [7, 11) is 0. The van der Waals surface area contributed by atoms with E-state index < -0.39 is 0 Å². The van der Waals surface area contributed by atoms with Crippen molar-refractivity contribution in [1.82, 2.24) is 10.2 Å². The second-order valence-electron chi connectivity index (χ2n) is 4.11. The van der Waals surface area contributed by atoms with Crippen LogP contribution in [0.15, 0.2) is 24.3 Å². The van der Waals surface area contributed by atoms with E-state index >= 15 is 0 Å². The number of benzene rings is 1. The average molecular weight is 253 g/mol. The van der Waals surface area contributed by atoms with Gasteiger partial charge in [0.05, 0.1) is 15.7 Å². The van der Waals surface area contributed by atoms with Crippen LogP contribution in [0.4, 0.5) is 0 Å². The highest BCUT2D eigenvalue weighted by atomic mass is 35.5. The SMILES string of the molecule is Clc1ccc(-c2cc(C3CC3)[nH]n2)cc1Cl. The van der Waals surface area contributed by atoms with Gasteiger partial charge in [0.25, 0.3) is 0 Å². The molecule has 3 rings (SSSR count). The summed E-state index contributed by atoms with van der Waals surface area (Å²) in [6.07, 6.45) is 2.53. The first kappa shape index (κ1) is 10.2. The fourth-order valence-corrected chi connectivity index (χ4v) is 2.04. The van der Waals surface area contributed by atoms with Crippen molar-refractivity contribution in [3.63, 3.8) is 0 Å². The first-order chi connectivity index (χ1) is 7.74. The van der Waals surface area contributed by atoms with Gasteiger partial charge < -0.3 is 0 Å². The maximum Gasteiger partial charge on any atom is 0.0924 e. The Morgan fingerprint density at radius 3 is 2.62 bits per heavy atom. The van der Waals surface area contributed by atoms with Gasteiger partial charge in [-0.15, -0.1) is 0 Å². The van der Waals surface area contributed by atoms with Crippen LogP contribution < -0.4 is 0 Å². The molecule has 1 N–H and O–H groups in total. The molecule has 0 atom stereocenters. The molecule has 0 bridgehead atoms. The van der Waals surface area contributed by atoms with E-state index in [1.54, 1.807) is 6.07 Å². The quantitative estimate of drug-likeness (QED) is 0.850. The highest BCUT2D eigenvalue weighted by molar-refractivity contribution is 6.42. The van der Waals surface area contributed by atoms with Crippen LogP contribution in [0.5, 0.6) is 0 Å². The maximum absolute atomic E-state index is 5.98. The Morgan fingerprint density at radius 2 is 1.94 bits per heavy atom. The minimum atomic E-state index is 0.565. The van der Waals surface area contributed by atoms with E-state index in [4.69, 9.17) is 23.2 Å². The van der Waals surface area contributed by atoms with E-state index in [2.05, 4.69) is 16.3 Å². The van der Waals surface area contributed by atoms with Crippen LogP contribution in [0.25, 0.3) is 11.3 Å². The lowest BCUT2D eigenvalue weighted by atomic mass is 10.1. The lowest BCUT2D eigenvalue weighted by molar-refractivity contribution is 0.967. The van der Waals surface area contributed by atoms with Gasteiger partial charge in [0.2, 0.25) is 0 Å². The number of hydrogen-bond acceptors (Lipinski definition) is 1. The van der Waals surface area contributed by atoms with E-state index in [0.29, 0.717) is 16.0 Å². The molecule has 0 amide bonds. The minimum Gasteiger partial charge on any atom is -0.282 e. The summed E-state index contributed by atoms with van der Waals surface area (Å²) in [6.45, 7) is 0. The molecule has 0 unspecified atom stereocenters. The standard InChI is InChI=1S/C12H10Cl2N2/c13-9-4-3-8(5-10(9)14)12-6-11(15-16-12)7-1-2-7/h3-7H,1-2H2,(H,15,16). The Balaban J connectivity index is 1.97. The van der Waals surface area contributed by atoms with Crippen LogP contribution in [0.3, 0.4) is 0 Å². The molecule has 2 nitrogen and oxygen atoms in total. The van der Waals surface area contributed by atoms with Crippen molar-refractivity contribution >= 4 is 23.2 Å². The Hall–Kier alpha value is -0.990. The Bertz CT molecular complexity index is 530. The van der Waals surface area contributed by atoms with Crippen LogP contribution in [0, 0.1) is 0 Å². The van der Waals surface area contributed by atoms with Gasteiger partial charge in [-0.2, -0.15) is 5.10 Å². The van der Waals surface area contributed by atoms with Crippen molar-refractivity contribution in [3.8, 4) is 11.3 Å². The molecule has 1 aromatic carbocycles. The third kappa shape index (κ3) is 1.83. The smallest absolute Gasteiger partial charge is 0.0924 e. The van der Waals surface area contributed by atoms with E-state index in [1.165, 1.54) is 18.5 Å². The third-order valence-electron chi connectivity index (χ3n) is 2.83. The van der Waals surface area contributed by atoms with E-state index in [1.807, 2.05) is 12.1 Å².